The number of hydrogen-bond donors (Lipinski definition) is 2. The Bertz CT molecular complexity index is 675. The van der Waals surface area contributed by atoms with Crippen molar-refractivity contribution >= 4 is 21.9 Å². The van der Waals surface area contributed by atoms with E-state index in [1.165, 1.54) is 23.0 Å². The van der Waals surface area contributed by atoms with Crippen LogP contribution in [0.15, 0.2) is 12.4 Å². The number of anilines is 1. The fourth-order valence-corrected chi connectivity index (χ4v) is 3.71. The molecule has 9 heteroatoms. The normalized spacial score (nSPS) is 21.9. The van der Waals surface area contributed by atoms with Gasteiger partial charge in [-0.2, -0.15) is 4.31 Å². The molecule has 24 heavy (non-hydrogen) atoms. The van der Waals surface area contributed by atoms with E-state index in [0.717, 1.165) is 0 Å². The highest BCUT2D eigenvalue weighted by atomic mass is 32.2. The van der Waals surface area contributed by atoms with E-state index < -0.39 is 10.0 Å². The summed E-state index contributed by atoms with van der Waals surface area (Å²) in [5.41, 5.74) is 0.358. The monoisotopic (exact) mass is 355 g/mol. The molecule has 2 atom stereocenters. The third kappa shape index (κ3) is 4.41. The molecule has 1 amide bonds. The predicted octanol–water partition coefficient (Wildman–Crippen LogP) is 0.554. The molecule has 0 aliphatic carbocycles. The van der Waals surface area contributed by atoms with E-state index in [4.69, 9.17) is 0 Å². The SMILES string of the molecule is CCNc1ncc(C(=O)N[C@@H]2CN(S(C)(=O)=O)C[C@H]2C(C)C)cn1. The minimum atomic E-state index is -3.27. The Hall–Kier alpha value is -1.74. The summed E-state index contributed by atoms with van der Waals surface area (Å²) in [7, 11) is -3.27. The highest BCUT2D eigenvalue weighted by molar-refractivity contribution is 7.88. The minimum Gasteiger partial charge on any atom is -0.355 e. The molecule has 0 saturated carbocycles. The van der Waals surface area contributed by atoms with Crippen LogP contribution in [0.2, 0.25) is 0 Å². The van der Waals surface area contributed by atoms with Crippen molar-refractivity contribution in [2.24, 2.45) is 11.8 Å². The lowest BCUT2D eigenvalue weighted by atomic mass is 9.91. The van der Waals surface area contributed by atoms with Gasteiger partial charge in [0, 0.05) is 38.1 Å². The molecule has 134 valence electrons. The number of amides is 1. The highest BCUT2D eigenvalue weighted by Gasteiger charge is 2.39. The van der Waals surface area contributed by atoms with Crippen molar-refractivity contribution < 1.29 is 13.2 Å². The van der Waals surface area contributed by atoms with Gasteiger partial charge in [-0.15, -0.1) is 0 Å². The Morgan fingerprint density at radius 2 is 1.96 bits per heavy atom. The van der Waals surface area contributed by atoms with E-state index in [1.54, 1.807) is 0 Å². The third-order valence-electron chi connectivity index (χ3n) is 4.22. The maximum absolute atomic E-state index is 12.4. The van der Waals surface area contributed by atoms with Crippen molar-refractivity contribution in [3.8, 4) is 0 Å². The van der Waals surface area contributed by atoms with Crippen LogP contribution in [-0.2, 0) is 10.0 Å². The average molecular weight is 355 g/mol. The maximum atomic E-state index is 12.4. The number of carbonyl (C=O) groups is 1. The lowest BCUT2D eigenvalue weighted by Crippen LogP contribution is -2.42. The molecule has 2 heterocycles. The second-order valence-corrected chi connectivity index (χ2v) is 8.38. The molecule has 1 aromatic heterocycles. The molecule has 1 aliphatic rings. The highest BCUT2D eigenvalue weighted by Crippen LogP contribution is 2.26. The van der Waals surface area contributed by atoms with Gasteiger partial charge in [-0.05, 0) is 18.8 Å². The molecular formula is C15H25N5O3S. The number of rotatable bonds is 6. The van der Waals surface area contributed by atoms with Crippen LogP contribution in [0.3, 0.4) is 0 Å². The molecule has 2 N–H and O–H groups in total. The molecule has 0 unspecified atom stereocenters. The van der Waals surface area contributed by atoms with E-state index in [9.17, 15) is 13.2 Å². The van der Waals surface area contributed by atoms with Crippen molar-refractivity contribution in [2.75, 3.05) is 31.2 Å². The van der Waals surface area contributed by atoms with Crippen LogP contribution in [0, 0.1) is 11.8 Å². The Morgan fingerprint density at radius 3 is 2.46 bits per heavy atom. The summed E-state index contributed by atoms with van der Waals surface area (Å²) in [6.45, 7) is 7.42. The van der Waals surface area contributed by atoms with E-state index >= 15 is 0 Å². The molecule has 1 aliphatic heterocycles. The van der Waals surface area contributed by atoms with Gasteiger partial charge < -0.3 is 10.6 Å². The molecule has 1 saturated heterocycles. The molecule has 0 aromatic carbocycles. The number of nitrogens with one attached hydrogen (secondary N) is 2. The van der Waals surface area contributed by atoms with Crippen molar-refractivity contribution in [3.05, 3.63) is 18.0 Å². The van der Waals surface area contributed by atoms with Crippen LogP contribution in [0.1, 0.15) is 31.1 Å². The summed E-state index contributed by atoms with van der Waals surface area (Å²) < 4.78 is 25.0. The standard InChI is InChI=1S/C15H25N5O3S/c1-5-16-15-17-6-11(7-18-15)14(21)19-13-9-20(24(4,22)23)8-12(13)10(2)3/h6-7,10,12-13H,5,8-9H2,1-4H3,(H,19,21)(H,16,17,18)/t12-,13+/m0/s1. The van der Waals surface area contributed by atoms with Gasteiger partial charge in [0.15, 0.2) is 0 Å². The number of nitrogens with zero attached hydrogens (tertiary/aromatic N) is 3. The number of sulfonamides is 1. The zero-order valence-corrected chi connectivity index (χ0v) is 15.3. The van der Waals surface area contributed by atoms with E-state index in [2.05, 4.69) is 20.6 Å². The fourth-order valence-electron chi connectivity index (χ4n) is 2.84. The molecule has 0 radical (unpaired) electrons. The summed E-state index contributed by atoms with van der Waals surface area (Å²) in [5.74, 6) is 0.516. The topological polar surface area (TPSA) is 104 Å². The summed E-state index contributed by atoms with van der Waals surface area (Å²) >= 11 is 0. The Balaban J connectivity index is 2.08. The third-order valence-corrected chi connectivity index (χ3v) is 5.46. The first kappa shape index (κ1) is 18.6. The number of aromatic nitrogens is 2. The predicted molar refractivity (Wildman–Crippen MR) is 92.2 cm³/mol. The average Bonchev–Trinajstić information content (AvgIpc) is 2.92. The van der Waals surface area contributed by atoms with Crippen molar-refractivity contribution in [1.29, 1.82) is 0 Å². The van der Waals surface area contributed by atoms with Gasteiger partial charge >= 0.3 is 0 Å². The van der Waals surface area contributed by atoms with Crippen LogP contribution < -0.4 is 10.6 Å². The van der Waals surface area contributed by atoms with Crippen molar-refractivity contribution in [2.45, 2.75) is 26.8 Å². The first-order valence-electron chi connectivity index (χ1n) is 8.04. The van der Waals surface area contributed by atoms with E-state index in [0.29, 0.717) is 31.1 Å². The van der Waals surface area contributed by atoms with Gasteiger partial charge in [0.1, 0.15) is 0 Å². The molecule has 2 rings (SSSR count). The fraction of sp³-hybridized carbons (Fsp3) is 0.667. The summed E-state index contributed by atoms with van der Waals surface area (Å²) in [4.78, 5) is 20.6. The maximum Gasteiger partial charge on any atom is 0.254 e. The van der Waals surface area contributed by atoms with Crippen molar-refractivity contribution in [1.82, 2.24) is 19.6 Å². The van der Waals surface area contributed by atoms with E-state index in [1.807, 2.05) is 20.8 Å². The number of carbonyl (C=O) groups excluding carboxylic acids is 1. The molecule has 1 fully saturated rings. The van der Waals surface area contributed by atoms with Gasteiger partial charge in [0.05, 0.1) is 11.8 Å². The van der Waals surface area contributed by atoms with Crippen LogP contribution in [-0.4, -0.2) is 60.5 Å². The molecule has 0 bridgehead atoms. The first-order valence-corrected chi connectivity index (χ1v) is 9.89. The summed E-state index contributed by atoms with van der Waals surface area (Å²) in [6.07, 6.45) is 4.13. The lowest BCUT2D eigenvalue weighted by molar-refractivity contribution is 0.0925. The van der Waals surface area contributed by atoms with Gasteiger partial charge in [-0.3, -0.25) is 4.79 Å². The second-order valence-electron chi connectivity index (χ2n) is 6.39. The Kier molecular flexibility index (Phi) is 5.76. The van der Waals surface area contributed by atoms with Crippen LogP contribution in [0.25, 0.3) is 0 Å². The molecular weight excluding hydrogens is 330 g/mol. The summed E-state index contributed by atoms with van der Waals surface area (Å²) in [6, 6.07) is -0.222. The molecule has 0 spiro atoms. The van der Waals surface area contributed by atoms with Crippen molar-refractivity contribution in [3.63, 3.8) is 0 Å². The number of hydrogen-bond acceptors (Lipinski definition) is 6. The molecule has 8 nitrogen and oxygen atoms in total. The zero-order chi connectivity index (χ0) is 17.9. The van der Waals surface area contributed by atoms with Crippen LogP contribution >= 0.6 is 0 Å². The lowest BCUT2D eigenvalue weighted by Gasteiger charge is -2.22. The minimum absolute atomic E-state index is 0.0747. The van der Waals surface area contributed by atoms with Gasteiger partial charge in [-0.1, -0.05) is 13.8 Å². The smallest absolute Gasteiger partial charge is 0.254 e. The van der Waals surface area contributed by atoms with Gasteiger partial charge in [-0.25, -0.2) is 18.4 Å². The van der Waals surface area contributed by atoms with Gasteiger partial charge in [0.25, 0.3) is 5.91 Å². The first-order chi connectivity index (χ1) is 11.2. The summed E-state index contributed by atoms with van der Waals surface area (Å²) in [5, 5.41) is 5.90. The van der Waals surface area contributed by atoms with Crippen LogP contribution in [0.4, 0.5) is 5.95 Å². The Morgan fingerprint density at radius 1 is 1.33 bits per heavy atom. The largest absolute Gasteiger partial charge is 0.355 e. The Labute approximate surface area is 143 Å². The quantitative estimate of drug-likeness (QED) is 0.772. The molecule has 1 aromatic rings. The van der Waals surface area contributed by atoms with Gasteiger partial charge in [0.2, 0.25) is 16.0 Å². The second kappa shape index (κ2) is 7.43. The zero-order valence-electron chi connectivity index (χ0n) is 14.5. The van der Waals surface area contributed by atoms with Crippen LogP contribution in [0.5, 0.6) is 0 Å². The van der Waals surface area contributed by atoms with E-state index in [-0.39, 0.29) is 23.8 Å².